The first kappa shape index (κ1) is 14.2. The number of rotatable bonds is 2. The predicted octanol–water partition coefficient (Wildman–Crippen LogP) is 1.79. The molecule has 7 nitrogen and oxygen atoms in total. The summed E-state index contributed by atoms with van der Waals surface area (Å²) < 4.78 is 6.90. The highest BCUT2D eigenvalue weighted by Crippen LogP contribution is 2.28. The Bertz CT molecular complexity index is 889. The number of methoxy groups -OCH3 is 1. The van der Waals surface area contributed by atoms with Crippen LogP contribution in [0.3, 0.4) is 0 Å². The Morgan fingerprint density at radius 1 is 1.18 bits per heavy atom. The molecule has 1 aromatic carbocycles. The van der Waals surface area contributed by atoms with Crippen molar-refractivity contribution in [1.82, 2.24) is 24.8 Å². The smallest absolute Gasteiger partial charge is 0.274 e. The van der Waals surface area contributed by atoms with Gasteiger partial charge in [0.15, 0.2) is 5.82 Å². The van der Waals surface area contributed by atoms with Crippen molar-refractivity contribution in [2.75, 3.05) is 7.11 Å². The monoisotopic (exact) mass is 299 g/mol. The van der Waals surface area contributed by atoms with Crippen LogP contribution in [0.25, 0.3) is 17.2 Å². The van der Waals surface area contributed by atoms with E-state index in [1.165, 1.54) is 0 Å². The normalized spacial score (nSPS) is 11.8. The first-order chi connectivity index (χ1) is 10.4. The zero-order valence-electron chi connectivity index (χ0n) is 12.9. The highest BCUT2D eigenvalue weighted by Gasteiger charge is 2.23. The number of ether oxygens (including phenoxy) is 1. The third-order valence-electron chi connectivity index (χ3n) is 3.34. The van der Waals surface area contributed by atoms with Crippen molar-refractivity contribution < 1.29 is 4.74 Å². The minimum Gasteiger partial charge on any atom is -0.496 e. The maximum absolute atomic E-state index is 12.1. The van der Waals surface area contributed by atoms with Gasteiger partial charge in [-0.15, -0.1) is 10.2 Å². The molecule has 0 aliphatic heterocycles. The number of aromatic nitrogens is 5. The zero-order valence-corrected chi connectivity index (χ0v) is 12.9. The Labute approximate surface area is 127 Å². The van der Waals surface area contributed by atoms with Gasteiger partial charge in [0, 0.05) is 5.41 Å². The van der Waals surface area contributed by atoms with Crippen molar-refractivity contribution >= 4 is 5.78 Å². The third kappa shape index (κ3) is 2.24. The number of benzene rings is 1. The Hall–Kier alpha value is -2.70. The highest BCUT2D eigenvalue weighted by atomic mass is 16.5. The van der Waals surface area contributed by atoms with Gasteiger partial charge in [0.1, 0.15) is 11.4 Å². The number of H-pyrrole nitrogens is 1. The lowest BCUT2D eigenvalue weighted by molar-refractivity contribution is 0.416. The van der Waals surface area contributed by atoms with Gasteiger partial charge in [-0.25, -0.2) is 0 Å². The van der Waals surface area contributed by atoms with Gasteiger partial charge in [0.05, 0.1) is 12.7 Å². The zero-order chi connectivity index (χ0) is 15.9. The van der Waals surface area contributed by atoms with Crippen LogP contribution in [0, 0.1) is 0 Å². The van der Waals surface area contributed by atoms with Crippen LogP contribution in [0.15, 0.2) is 29.1 Å². The van der Waals surface area contributed by atoms with Gasteiger partial charge >= 0.3 is 0 Å². The standard InChI is InChI=1S/C15H17N5O2/c1-15(2,3)11-13(21)16-14-18-17-12(20(14)19-11)9-7-5-6-8-10(9)22-4/h5-8H,1-4H3,(H,16,18,21). The molecule has 0 saturated carbocycles. The number of hydrogen-bond acceptors (Lipinski definition) is 5. The van der Waals surface area contributed by atoms with Crippen molar-refractivity contribution in [1.29, 1.82) is 0 Å². The molecule has 3 aromatic rings. The molecule has 3 rings (SSSR count). The largest absolute Gasteiger partial charge is 0.496 e. The van der Waals surface area contributed by atoms with Crippen molar-refractivity contribution in [3.05, 3.63) is 40.3 Å². The maximum atomic E-state index is 12.1. The molecule has 0 amide bonds. The molecule has 2 heterocycles. The van der Waals surface area contributed by atoms with E-state index >= 15 is 0 Å². The summed E-state index contributed by atoms with van der Waals surface area (Å²) in [6.45, 7) is 5.80. The fourth-order valence-corrected chi connectivity index (χ4v) is 2.25. The molecular formula is C15H17N5O2. The first-order valence-corrected chi connectivity index (χ1v) is 6.91. The molecule has 2 aromatic heterocycles. The minimum absolute atomic E-state index is 0.251. The second kappa shape index (κ2) is 4.94. The Kier molecular flexibility index (Phi) is 3.20. The van der Waals surface area contributed by atoms with Crippen LogP contribution in [0.2, 0.25) is 0 Å². The summed E-state index contributed by atoms with van der Waals surface area (Å²) in [6.07, 6.45) is 0. The molecule has 0 spiro atoms. The molecule has 0 fully saturated rings. The van der Waals surface area contributed by atoms with Gasteiger partial charge in [-0.1, -0.05) is 32.9 Å². The van der Waals surface area contributed by atoms with Crippen LogP contribution in [-0.4, -0.2) is 31.9 Å². The van der Waals surface area contributed by atoms with Crippen molar-refractivity contribution in [3.63, 3.8) is 0 Å². The highest BCUT2D eigenvalue weighted by molar-refractivity contribution is 5.65. The number of fused-ring (bicyclic) bond motifs is 1. The number of nitrogens with zero attached hydrogens (tertiary/aromatic N) is 4. The van der Waals surface area contributed by atoms with Gasteiger partial charge in [-0.05, 0) is 12.1 Å². The average molecular weight is 299 g/mol. The molecule has 7 heteroatoms. The van der Waals surface area contributed by atoms with Gasteiger partial charge in [-0.3, -0.25) is 9.78 Å². The van der Waals surface area contributed by atoms with Crippen LogP contribution in [0.1, 0.15) is 26.5 Å². The van der Waals surface area contributed by atoms with Gasteiger partial charge in [-0.2, -0.15) is 9.61 Å². The SMILES string of the molecule is COc1ccccc1-c1nnc2[nH]c(=O)c(C(C)(C)C)nn12. The van der Waals surface area contributed by atoms with E-state index in [1.807, 2.05) is 45.0 Å². The Morgan fingerprint density at radius 3 is 2.59 bits per heavy atom. The maximum Gasteiger partial charge on any atom is 0.274 e. The summed E-state index contributed by atoms with van der Waals surface area (Å²) >= 11 is 0. The van der Waals surface area contributed by atoms with E-state index in [2.05, 4.69) is 20.3 Å². The quantitative estimate of drug-likeness (QED) is 0.779. The Balaban J connectivity index is 2.30. The van der Waals surface area contributed by atoms with E-state index in [1.54, 1.807) is 11.6 Å². The molecule has 0 saturated heterocycles. The molecule has 0 atom stereocenters. The minimum atomic E-state index is -0.385. The number of hydrogen-bond donors (Lipinski definition) is 1. The topological polar surface area (TPSA) is 85.2 Å². The van der Waals surface area contributed by atoms with Gasteiger partial charge < -0.3 is 4.74 Å². The predicted molar refractivity (Wildman–Crippen MR) is 82.1 cm³/mol. The summed E-state index contributed by atoms with van der Waals surface area (Å²) in [5.74, 6) is 1.50. The van der Waals surface area contributed by atoms with E-state index in [9.17, 15) is 4.79 Å². The second-order valence-corrected chi connectivity index (χ2v) is 6.01. The second-order valence-electron chi connectivity index (χ2n) is 6.01. The summed E-state index contributed by atoms with van der Waals surface area (Å²) in [5, 5.41) is 12.6. The van der Waals surface area contributed by atoms with E-state index < -0.39 is 0 Å². The molecule has 0 unspecified atom stereocenters. The fraction of sp³-hybridized carbons (Fsp3) is 0.333. The summed E-state index contributed by atoms with van der Waals surface area (Å²) in [4.78, 5) is 14.8. The van der Waals surface area contributed by atoms with Crippen molar-refractivity contribution in [2.24, 2.45) is 0 Å². The van der Waals surface area contributed by atoms with E-state index in [-0.39, 0.29) is 11.0 Å². The molecule has 114 valence electrons. The summed E-state index contributed by atoms with van der Waals surface area (Å²) in [5.41, 5.74) is 0.552. The van der Waals surface area contributed by atoms with Crippen LogP contribution in [0.4, 0.5) is 0 Å². The average Bonchev–Trinajstić information content (AvgIpc) is 2.87. The third-order valence-corrected chi connectivity index (χ3v) is 3.34. The molecular weight excluding hydrogens is 282 g/mol. The molecule has 1 N–H and O–H groups in total. The summed E-state index contributed by atoms with van der Waals surface area (Å²) in [7, 11) is 1.60. The molecule has 0 bridgehead atoms. The fourth-order valence-electron chi connectivity index (χ4n) is 2.25. The molecule has 22 heavy (non-hydrogen) atoms. The Morgan fingerprint density at radius 2 is 1.91 bits per heavy atom. The molecule has 0 aliphatic rings. The molecule has 0 aliphatic carbocycles. The van der Waals surface area contributed by atoms with Crippen LogP contribution >= 0.6 is 0 Å². The van der Waals surface area contributed by atoms with E-state index in [0.29, 0.717) is 23.0 Å². The number of nitrogens with one attached hydrogen (secondary N) is 1. The van der Waals surface area contributed by atoms with Gasteiger partial charge in [0.25, 0.3) is 11.3 Å². The van der Waals surface area contributed by atoms with E-state index in [0.717, 1.165) is 5.56 Å². The van der Waals surface area contributed by atoms with Crippen LogP contribution in [-0.2, 0) is 5.41 Å². The van der Waals surface area contributed by atoms with Crippen molar-refractivity contribution in [2.45, 2.75) is 26.2 Å². The first-order valence-electron chi connectivity index (χ1n) is 6.91. The van der Waals surface area contributed by atoms with Crippen molar-refractivity contribution in [3.8, 4) is 17.1 Å². The number of para-hydroxylation sites is 1. The van der Waals surface area contributed by atoms with Crippen LogP contribution < -0.4 is 10.3 Å². The lowest BCUT2D eigenvalue weighted by atomic mass is 9.93. The van der Waals surface area contributed by atoms with E-state index in [4.69, 9.17) is 4.74 Å². The van der Waals surface area contributed by atoms with Crippen LogP contribution in [0.5, 0.6) is 5.75 Å². The molecule has 0 radical (unpaired) electrons. The lowest BCUT2D eigenvalue weighted by Gasteiger charge is -2.16. The summed E-state index contributed by atoms with van der Waals surface area (Å²) in [6, 6.07) is 7.47. The lowest BCUT2D eigenvalue weighted by Crippen LogP contribution is -2.28. The van der Waals surface area contributed by atoms with Gasteiger partial charge in [0.2, 0.25) is 0 Å². The number of aromatic amines is 1.